The molecule has 0 spiro atoms. The first kappa shape index (κ1) is 9.93. The molecule has 0 bridgehead atoms. The minimum Gasteiger partial charge on any atom is -0.460 e. The van der Waals surface area contributed by atoms with Gasteiger partial charge in [-0.25, -0.2) is 0 Å². The van der Waals surface area contributed by atoms with E-state index in [0.717, 1.165) is 17.6 Å². The predicted octanol–water partition coefficient (Wildman–Crippen LogP) is 2.08. The lowest BCUT2D eigenvalue weighted by molar-refractivity contribution is 0.0878. The fraction of sp³-hybridized carbons (Fsp3) is 0.500. The summed E-state index contributed by atoms with van der Waals surface area (Å²) in [6.45, 7) is 3.75. The Kier molecular flexibility index (Phi) is 2.74. The van der Waals surface area contributed by atoms with Gasteiger partial charge >= 0.3 is 0 Å². The molecule has 0 aromatic carbocycles. The molecule has 2 atom stereocenters. The first-order valence-corrected chi connectivity index (χ1v) is 5.47. The van der Waals surface area contributed by atoms with Crippen LogP contribution in [-0.4, -0.2) is 18.9 Å². The average molecular weight is 258 g/mol. The third-order valence-electron chi connectivity index (χ3n) is 2.70. The minimum absolute atomic E-state index is 0.0532. The van der Waals surface area contributed by atoms with Crippen LogP contribution in [0.1, 0.15) is 17.5 Å². The molecule has 4 heteroatoms. The zero-order valence-corrected chi connectivity index (χ0v) is 9.50. The summed E-state index contributed by atoms with van der Waals surface area (Å²) >= 11 is 3.30. The fourth-order valence-corrected chi connectivity index (χ4v) is 2.20. The molecular formula is C10H12BrNO2. The Bertz CT molecular complexity index is 348. The number of nitrogens with one attached hydrogen (secondary N) is 1. The van der Waals surface area contributed by atoms with Gasteiger partial charge in [-0.2, -0.15) is 0 Å². The predicted molar refractivity (Wildman–Crippen MR) is 56.3 cm³/mol. The van der Waals surface area contributed by atoms with E-state index in [0.29, 0.717) is 11.7 Å². The molecule has 0 radical (unpaired) electrons. The number of Topliss-reactive ketones (excluding diaryl/α,β-unsaturated/α-hetero) is 1. The molecular weight excluding hydrogens is 246 g/mol. The lowest BCUT2D eigenvalue weighted by atomic mass is 9.92. The summed E-state index contributed by atoms with van der Waals surface area (Å²) in [6, 6.07) is 1.75. The number of halogens is 1. The topological polar surface area (TPSA) is 42.2 Å². The molecule has 14 heavy (non-hydrogen) atoms. The summed E-state index contributed by atoms with van der Waals surface area (Å²) < 4.78 is 5.91. The van der Waals surface area contributed by atoms with Crippen LogP contribution >= 0.6 is 15.9 Å². The first-order valence-electron chi connectivity index (χ1n) is 4.68. The van der Waals surface area contributed by atoms with Crippen molar-refractivity contribution < 1.29 is 9.21 Å². The molecule has 2 rings (SSSR count). The third-order valence-corrected chi connectivity index (χ3v) is 3.32. The monoisotopic (exact) mass is 257 g/mol. The van der Waals surface area contributed by atoms with Crippen molar-refractivity contribution in [1.82, 2.24) is 5.32 Å². The van der Waals surface area contributed by atoms with Crippen LogP contribution in [0.4, 0.5) is 0 Å². The van der Waals surface area contributed by atoms with Crippen LogP contribution in [-0.2, 0) is 0 Å². The van der Waals surface area contributed by atoms with Gasteiger partial charge in [-0.3, -0.25) is 4.79 Å². The van der Waals surface area contributed by atoms with E-state index in [4.69, 9.17) is 4.42 Å². The highest BCUT2D eigenvalue weighted by atomic mass is 79.9. The SMILES string of the molecule is CC1CNCC1C(=O)c1occc1Br. The molecule has 76 valence electrons. The van der Waals surface area contributed by atoms with Gasteiger partial charge in [-0.05, 0) is 34.5 Å². The molecule has 1 saturated heterocycles. The van der Waals surface area contributed by atoms with Crippen LogP contribution in [0, 0.1) is 11.8 Å². The summed E-state index contributed by atoms with van der Waals surface area (Å²) in [5, 5.41) is 3.21. The number of rotatable bonds is 2. The molecule has 1 aliphatic rings. The highest BCUT2D eigenvalue weighted by molar-refractivity contribution is 9.10. The molecule has 2 unspecified atom stereocenters. The van der Waals surface area contributed by atoms with E-state index in [1.807, 2.05) is 0 Å². The van der Waals surface area contributed by atoms with Gasteiger partial charge < -0.3 is 9.73 Å². The molecule has 0 amide bonds. The number of carbonyl (C=O) groups is 1. The number of hydrogen-bond acceptors (Lipinski definition) is 3. The van der Waals surface area contributed by atoms with Crippen LogP contribution in [0.5, 0.6) is 0 Å². The van der Waals surface area contributed by atoms with Crippen molar-refractivity contribution in [3.63, 3.8) is 0 Å². The maximum absolute atomic E-state index is 12.0. The molecule has 1 aromatic heterocycles. The van der Waals surface area contributed by atoms with E-state index in [1.54, 1.807) is 6.07 Å². The van der Waals surface area contributed by atoms with Crippen molar-refractivity contribution in [1.29, 1.82) is 0 Å². The number of hydrogen-bond donors (Lipinski definition) is 1. The van der Waals surface area contributed by atoms with E-state index in [1.165, 1.54) is 6.26 Å². The molecule has 0 aliphatic carbocycles. The van der Waals surface area contributed by atoms with E-state index in [2.05, 4.69) is 28.2 Å². The van der Waals surface area contributed by atoms with Crippen LogP contribution < -0.4 is 5.32 Å². The molecule has 1 fully saturated rings. The van der Waals surface area contributed by atoms with Gasteiger partial charge in [-0.15, -0.1) is 0 Å². The van der Waals surface area contributed by atoms with Crippen molar-refractivity contribution in [2.75, 3.05) is 13.1 Å². The summed E-state index contributed by atoms with van der Waals surface area (Å²) in [5.74, 6) is 0.988. The Morgan fingerprint density at radius 3 is 2.93 bits per heavy atom. The summed E-state index contributed by atoms with van der Waals surface area (Å²) in [5.41, 5.74) is 0. The van der Waals surface area contributed by atoms with Gasteiger partial charge in [0.2, 0.25) is 5.78 Å². The van der Waals surface area contributed by atoms with Crippen molar-refractivity contribution >= 4 is 21.7 Å². The maximum Gasteiger partial charge on any atom is 0.203 e. The highest BCUT2D eigenvalue weighted by Crippen LogP contribution is 2.26. The Hall–Kier alpha value is -0.610. The highest BCUT2D eigenvalue weighted by Gasteiger charge is 2.32. The quantitative estimate of drug-likeness (QED) is 0.826. The normalized spacial score (nSPS) is 26.7. The number of furan rings is 1. The van der Waals surface area contributed by atoms with Gasteiger partial charge in [-0.1, -0.05) is 6.92 Å². The van der Waals surface area contributed by atoms with Gasteiger partial charge in [0.1, 0.15) is 0 Å². The Morgan fingerprint density at radius 1 is 1.64 bits per heavy atom. The van der Waals surface area contributed by atoms with Gasteiger partial charge in [0.05, 0.1) is 10.7 Å². The zero-order valence-electron chi connectivity index (χ0n) is 7.92. The van der Waals surface area contributed by atoms with E-state index >= 15 is 0 Å². The average Bonchev–Trinajstić information content (AvgIpc) is 2.73. The third kappa shape index (κ3) is 1.64. The fourth-order valence-electron chi connectivity index (χ4n) is 1.80. The largest absolute Gasteiger partial charge is 0.460 e. The van der Waals surface area contributed by atoms with Crippen molar-refractivity contribution in [2.45, 2.75) is 6.92 Å². The Morgan fingerprint density at radius 2 is 2.43 bits per heavy atom. The van der Waals surface area contributed by atoms with Crippen molar-refractivity contribution in [3.05, 3.63) is 22.6 Å². The van der Waals surface area contributed by atoms with Gasteiger partial charge in [0.15, 0.2) is 5.76 Å². The van der Waals surface area contributed by atoms with Crippen LogP contribution in [0.3, 0.4) is 0 Å². The zero-order chi connectivity index (χ0) is 10.1. The molecule has 1 N–H and O–H groups in total. The van der Waals surface area contributed by atoms with Gasteiger partial charge in [0.25, 0.3) is 0 Å². The second kappa shape index (κ2) is 3.87. The van der Waals surface area contributed by atoms with Crippen LogP contribution in [0.15, 0.2) is 21.2 Å². The van der Waals surface area contributed by atoms with E-state index in [9.17, 15) is 4.79 Å². The summed E-state index contributed by atoms with van der Waals surface area (Å²) in [6.07, 6.45) is 1.53. The summed E-state index contributed by atoms with van der Waals surface area (Å²) in [4.78, 5) is 12.0. The second-order valence-electron chi connectivity index (χ2n) is 3.70. The van der Waals surface area contributed by atoms with Crippen LogP contribution in [0.25, 0.3) is 0 Å². The maximum atomic E-state index is 12.0. The van der Waals surface area contributed by atoms with Crippen molar-refractivity contribution in [3.8, 4) is 0 Å². The minimum atomic E-state index is 0.0532. The molecule has 2 heterocycles. The molecule has 1 aliphatic heterocycles. The Balaban J connectivity index is 2.20. The molecule has 1 aromatic rings. The van der Waals surface area contributed by atoms with Gasteiger partial charge in [0, 0.05) is 12.5 Å². The lowest BCUT2D eigenvalue weighted by Crippen LogP contribution is -2.21. The van der Waals surface area contributed by atoms with Crippen molar-refractivity contribution in [2.24, 2.45) is 11.8 Å². The first-order chi connectivity index (χ1) is 6.70. The number of ketones is 1. The standard InChI is InChI=1S/C10H12BrNO2/c1-6-4-12-5-7(6)9(13)10-8(11)2-3-14-10/h2-3,6-7,12H,4-5H2,1H3. The molecule has 3 nitrogen and oxygen atoms in total. The smallest absolute Gasteiger partial charge is 0.203 e. The molecule has 0 saturated carbocycles. The number of carbonyl (C=O) groups excluding carboxylic acids is 1. The summed E-state index contributed by atoms with van der Waals surface area (Å²) in [7, 11) is 0. The van der Waals surface area contributed by atoms with E-state index in [-0.39, 0.29) is 11.7 Å². The van der Waals surface area contributed by atoms with Crippen LogP contribution in [0.2, 0.25) is 0 Å². The van der Waals surface area contributed by atoms with E-state index < -0.39 is 0 Å². The Labute approximate surface area is 91.0 Å². The lowest BCUT2D eigenvalue weighted by Gasteiger charge is -2.10. The second-order valence-corrected chi connectivity index (χ2v) is 4.56.